The van der Waals surface area contributed by atoms with E-state index >= 15 is 0 Å². The minimum absolute atomic E-state index is 0.0415. The number of amides is 1. The Morgan fingerprint density at radius 3 is 2.61 bits per heavy atom. The summed E-state index contributed by atoms with van der Waals surface area (Å²) in [5.74, 6) is 1.55. The van der Waals surface area contributed by atoms with E-state index in [2.05, 4.69) is 15.0 Å². The van der Waals surface area contributed by atoms with Crippen LogP contribution in [0.3, 0.4) is 0 Å². The fraction of sp³-hybridized carbons (Fsp3) is 0.444. The van der Waals surface area contributed by atoms with Crippen LogP contribution in [0, 0.1) is 19.8 Å². The SMILES string of the molecule is Cc1nc(CC2CCN(C(=O)c3cc4c(-c5ccnc(C(C)(C)O)n5)nn(C)c4cc3C)CC2)co1. The first-order chi connectivity index (χ1) is 17.1. The molecule has 5 rings (SSSR count). The Morgan fingerprint density at radius 2 is 1.94 bits per heavy atom. The molecule has 9 nitrogen and oxygen atoms in total. The zero-order chi connectivity index (χ0) is 25.6. The number of nitrogens with zero attached hydrogens (tertiary/aromatic N) is 6. The number of rotatable bonds is 5. The molecule has 1 fully saturated rings. The van der Waals surface area contributed by atoms with Crippen LogP contribution >= 0.6 is 0 Å². The number of benzene rings is 1. The molecule has 9 heteroatoms. The molecule has 1 aliphatic rings. The molecule has 1 saturated heterocycles. The van der Waals surface area contributed by atoms with E-state index in [1.807, 2.05) is 37.9 Å². The van der Waals surface area contributed by atoms with Gasteiger partial charge in [0, 0.05) is 44.2 Å². The minimum Gasteiger partial charge on any atom is -0.449 e. The van der Waals surface area contributed by atoms with Gasteiger partial charge < -0.3 is 14.4 Å². The fourth-order valence-corrected chi connectivity index (χ4v) is 4.92. The molecule has 4 heterocycles. The van der Waals surface area contributed by atoms with Crippen LogP contribution in [0.4, 0.5) is 0 Å². The quantitative estimate of drug-likeness (QED) is 0.453. The highest BCUT2D eigenvalue weighted by molar-refractivity contribution is 6.02. The van der Waals surface area contributed by atoms with Crippen LogP contribution in [0.5, 0.6) is 0 Å². The van der Waals surface area contributed by atoms with Crippen molar-refractivity contribution >= 4 is 16.8 Å². The van der Waals surface area contributed by atoms with E-state index in [9.17, 15) is 9.90 Å². The van der Waals surface area contributed by atoms with Gasteiger partial charge in [0.05, 0.1) is 16.9 Å². The van der Waals surface area contributed by atoms with E-state index < -0.39 is 5.60 Å². The number of hydrogen-bond donors (Lipinski definition) is 1. The number of carbonyl (C=O) groups is 1. The third kappa shape index (κ3) is 4.63. The summed E-state index contributed by atoms with van der Waals surface area (Å²) in [7, 11) is 1.88. The van der Waals surface area contributed by atoms with Gasteiger partial charge in [0.2, 0.25) is 0 Å². The van der Waals surface area contributed by atoms with Gasteiger partial charge in [-0.2, -0.15) is 5.10 Å². The van der Waals surface area contributed by atoms with Crippen LogP contribution < -0.4 is 0 Å². The maximum Gasteiger partial charge on any atom is 0.254 e. The van der Waals surface area contributed by atoms with E-state index in [0.717, 1.165) is 54.5 Å². The van der Waals surface area contributed by atoms with Gasteiger partial charge in [0.1, 0.15) is 17.6 Å². The maximum atomic E-state index is 13.6. The molecule has 0 unspecified atom stereocenters. The first kappa shape index (κ1) is 24.1. The second kappa shape index (κ2) is 9.13. The fourth-order valence-electron chi connectivity index (χ4n) is 4.92. The van der Waals surface area contributed by atoms with Gasteiger partial charge in [0.25, 0.3) is 5.91 Å². The number of aliphatic hydroxyl groups is 1. The van der Waals surface area contributed by atoms with Gasteiger partial charge in [-0.3, -0.25) is 9.48 Å². The molecule has 0 atom stereocenters. The van der Waals surface area contributed by atoms with Crippen molar-refractivity contribution in [1.29, 1.82) is 0 Å². The average molecular weight is 489 g/mol. The number of hydrogen-bond acceptors (Lipinski definition) is 7. The van der Waals surface area contributed by atoms with Crippen molar-refractivity contribution in [3.8, 4) is 11.4 Å². The van der Waals surface area contributed by atoms with Gasteiger partial charge in [-0.25, -0.2) is 15.0 Å². The number of oxazole rings is 1. The largest absolute Gasteiger partial charge is 0.449 e. The number of aromatic nitrogens is 5. The zero-order valence-electron chi connectivity index (χ0n) is 21.4. The van der Waals surface area contributed by atoms with Crippen molar-refractivity contribution in [1.82, 2.24) is 29.6 Å². The normalized spacial score (nSPS) is 15.1. The second-order valence-corrected chi connectivity index (χ2v) is 10.3. The van der Waals surface area contributed by atoms with Crippen LogP contribution in [0.15, 0.2) is 35.1 Å². The van der Waals surface area contributed by atoms with Crippen molar-refractivity contribution in [2.24, 2.45) is 13.0 Å². The summed E-state index contributed by atoms with van der Waals surface area (Å²) >= 11 is 0. The Balaban J connectivity index is 1.40. The van der Waals surface area contributed by atoms with E-state index in [1.165, 1.54) is 0 Å². The van der Waals surface area contributed by atoms with Crippen molar-refractivity contribution < 1.29 is 14.3 Å². The minimum atomic E-state index is -1.17. The predicted octanol–water partition coefficient (Wildman–Crippen LogP) is 3.96. The van der Waals surface area contributed by atoms with Gasteiger partial charge >= 0.3 is 0 Å². The van der Waals surface area contributed by atoms with Gasteiger partial charge in [0.15, 0.2) is 11.7 Å². The number of carbonyl (C=O) groups excluding carboxylic acids is 1. The molecule has 0 saturated carbocycles. The lowest BCUT2D eigenvalue weighted by Gasteiger charge is -2.32. The first-order valence-electron chi connectivity index (χ1n) is 12.3. The summed E-state index contributed by atoms with van der Waals surface area (Å²) < 4.78 is 7.14. The zero-order valence-corrected chi connectivity index (χ0v) is 21.4. The van der Waals surface area contributed by atoms with Gasteiger partial charge in [-0.15, -0.1) is 0 Å². The molecule has 1 amide bonds. The average Bonchev–Trinajstić information content (AvgIpc) is 3.40. The Hall–Kier alpha value is -3.59. The Labute approximate surface area is 210 Å². The molecule has 1 aromatic carbocycles. The van der Waals surface area contributed by atoms with Crippen molar-refractivity contribution in [2.75, 3.05) is 13.1 Å². The van der Waals surface area contributed by atoms with E-state index in [-0.39, 0.29) is 5.91 Å². The highest BCUT2D eigenvalue weighted by atomic mass is 16.3. The van der Waals surface area contributed by atoms with Crippen LogP contribution in [0.2, 0.25) is 0 Å². The molecule has 0 bridgehead atoms. The smallest absolute Gasteiger partial charge is 0.254 e. The second-order valence-electron chi connectivity index (χ2n) is 10.3. The Morgan fingerprint density at radius 1 is 1.19 bits per heavy atom. The number of piperidine rings is 1. The lowest BCUT2D eigenvalue weighted by atomic mass is 9.91. The molecular weight excluding hydrogens is 456 g/mol. The molecule has 0 spiro atoms. The maximum absolute atomic E-state index is 13.6. The number of aryl methyl sites for hydroxylation is 3. The topological polar surface area (TPSA) is 110 Å². The third-order valence-corrected chi connectivity index (χ3v) is 6.94. The molecule has 1 aliphatic heterocycles. The van der Waals surface area contributed by atoms with Crippen molar-refractivity contribution in [3.63, 3.8) is 0 Å². The summed E-state index contributed by atoms with van der Waals surface area (Å²) in [5.41, 5.74) is 3.61. The molecule has 3 aromatic heterocycles. The number of fused-ring (bicyclic) bond motifs is 1. The van der Waals surface area contributed by atoms with Crippen LogP contribution in [0.1, 0.15) is 60.0 Å². The standard InChI is InChI=1S/C27H32N6O3/c1-16-12-23-21(24(31-32(23)5)22-6-9-28-26(30-22)27(3,4)35)14-20(16)25(34)33-10-7-18(8-11-33)13-19-15-36-17(2)29-19/h6,9,12,14-15,18,35H,7-8,10-11,13H2,1-5H3. The summed E-state index contributed by atoms with van der Waals surface area (Å²) in [4.78, 5) is 28.7. The molecule has 4 aromatic rings. The van der Waals surface area contributed by atoms with E-state index in [0.29, 0.717) is 34.6 Å². The molecule has 36 heavy (non-hydrogen) atoms. The monoisotopic (exact) mass is 488 g/mol. The lowest BCUT2D eigenvalue weighted by Crippen LogP contribution is -2.39. The lowest BCUT2D eigenvalue weighted by molar-refractivity contribution is 0.0683. The third-order valence-electron chi connectivity index (χ3n) is 6.94. The van der Waals surface area contributed by atoms with Crippen LogP contribution in [0.25, 0.3) is 22.3 Å². The van der Waals surface area contributed by atoms with Crippen LogP contribution in [-0.4, -0.2) is 53.7 Å². The molecule has 0 radical (unpaired) electrons. The highest BCUT2D eigenvalue weighted by Crippen LogP contribution is 2.31. The van der Waals surface area contributed by atoms with Gasteiger partial charge in [-0.1, -0.05) is 0 Å². The van der Waals surface area contributed by atoms with Crippen molar-refractivity contribution in [2.45, 2.75) is 52.6 Å². The number of likely N-dealkylation sites (tertiary alicyclic amines) is 1. The molecule has 188 valence electrons. The summed E-state index contributed by atoms with van der Waals surface area (Å²) in [5, 5.41) is 15.9. The van der Waals surface area contributed by atoms with Crippen molar-refractivity contribution in [3.05, 3.63) is 59.2 Å². The molecular formula is C27H32N6O3. The first-order valence-corrected chi connectivity index (χ1v) is 12.3. The molecule has 1 N–H and O–H groups in total. The summed E-state index contributed by atoms with van der Waals surface area (Å²) in [6.07, 6.45) is 6.13. The van der Waals surface area contributed by atoms with Gasteiger partial charge in [-0.05, 0) is 69.7 Å². The Bertz CT molecular complexity index is 1420. The van der Waals surface area contributed by atoms with E-state index in [1.54, 1.807) is 37.1 Å². The predicted molar refractivity (Wildman–Crippen MR) is 135 cm³/mol. The summed E-state index contributed by atoms with van der Waals surface area (Å²) in [6.45, 7) is 8.57. The van der Waals surface area contributed by atoms with E-state index in [4.69, 9.17) is 9.52 Å². The highest BCUT2D eigenvalue weighted by Gasteiger charge is 2.27. The Kier molecular flexibility index (Phi) is 6.12. The molecule has 0 aliphatic carbocycles. The van der Waals surface area contributed by atoms with Crippen LogP contribution in [-0.2, 0) is 19.1 Å². The summed E-state index contributed by atoms with van der Waals surface area (Å²) in [6, 6.07) is 5.72.